The number of methoxy groups -OCH3 is 1. The molecule has 1 aliphatic rings. The Kier molecular flexibility index (Phi) is 7.06. The van der Waals surface area contributed by atoms with E-state index in [0.717, 1.165) is 40.3 Å². The molecule has 1 aromatic rings. The molecule has 29 heavy (non-hydrogen) atoms. The zero-order valence-electron chi connectivity index (χ0n) is 18.8. The molecular formula is C22H33N5O2. The Hall–Kier alpha value is -2.83. The Balaban J connectivity index is 2.61. The number of likely N-dealkylation sites (N-methyl/N-ethyl adjacent to an activating group) is 1. The first-order valence-corrected chi connectivity index (χ1v) is 9.91. The summed E-state index contributed by atoms with van der Waals surface area (Å²) >= 11 is 0. The molecule has 0 aromatic carbocycles. The zero-order valence-corrected chi connectivity index (χ0v) is 18.8. The van der Waals surface area contributed by atoms with Gasteiger partial charge in [-0.2, -0.15) is 0 Å². The van der Waals surface area contributed by atoms with Crippen molar-refractivity contribution in [2.75, 3.05) is 14.2 Å². The third-order valence-electron chi connectivity index (χ3n) is 5.56. The summed E-state index contributed by atoms with van der Waals surface area (Å²) in [6.07, 6.45) is 4.50. The first-order valence-electron chi connectivity index (χ1n) is 9.91. The van der Waals surface area contributed by atoms with Gasteiger partial charge in [0.2, 0.25) is 5.91 Å². The lowest BCUT2D eigenvalue weighted by molar-refractivity contribution is -0.133. The molecule has 1 amide bonds. The number of hydrogen-bond donors (Lipinski definition) is 1. The van der Waals surface area contributed by atoms with Gasteiger partial charge in [0.1, 0.15) is 17.6 Å². The number of allylic oxidation sites excluding steroid dienone is 2. The van der Waals surface area contributed by atoms with Crippen LogP contribution >= 0.6 is 0 Å². The number of aromatic nitrogens is 1. The van der Waals surface area contributed by atoms with Crippen molar-refractivity contribution in [2.24, 2.45) is 10.7 Å². The fourth-order valence-corrected chi connectivity index (χ4v) is 3.45. The van der Waals surface area contributed by atoms with Crippen molar-refractivity contribution in [3.05, 3.63) is 46.2 Å². The number of aliphatic imine (C=N–C) groups is 1. The molecule has 7 heteroatoms. The molecule has 2 N–H and O–H groups in total. The number of carbonyl (C=O) groups excluding carboxylic acids is 1. The largest absolute Gasteiger partial charge is 0.496 e. The summed E-state index contributed by atoms with van der Waals surface area (Å²) in [4.78, 5) is 25.8. The second-order valence-electron chi connectivity index (χ2n) is 7.38. The lowest BCUT2D eigenvalue weighted by atomic mass is 10.1. The molecule has 0 aliphatic carbocycles. The number of aryl methyl sites for hydroxylation is 1. The summed E-state index contributed by atoms with van der Waals surface area (Å²) in [5.74, 6) is 1.97. The minimum absolute atomic E-state index is 0.00328. The normalized spacial score (nSPS) is 21.1. The molecule has 1 fully saturated rings. The molecule has 0 bridgehead atoms. The number of pyridine rings is 1. The van der Waals surface area contributed by atoms with Gasteiger partial charge < -0.3 is 20.3 Å². The van der Waals surface area contributed by atoms with Crippen molar-refractivity contribution in [1.29, 1.82) is 0 Å². The van der Waals surface area contributed by atoms with E-state index in [1.165, 1.54) is 0 Å². The van der Waals surface area contributed by atoms with Gasteiger partial charge in [0, 0.05) is 24.4 Å². The van der Waals surface area contributed by atoms with Crippen LogP contribution in [0.25, 0.3) is 0 Å². The summed E-state index contributed by atoms with van der Waals surface area (Å²) in [6, 6.07) is -0.398. The Morgan fingerprint density at radius 2 is 2.07 bits per heavy atom. The van der Waals surface area contributed by atoms with Crippen molar-refractivity contribution in [3.63, 3.8) is 0 Å². The Morgan fingerprint density at radius 1 is 1.41 bits per heavy atom. The molecule has 7 nitrogen and oxygen atoms in total. The van der Waals surface area contributed by atoms with E-state index < -0.39 is 6.04 Å². The summed E-state index contributed by atoms with van der Waals surface area (Å²) in [6.45, 7) is 12.2. The number of nitrogens with zero attached hydrogens (tertiary/aromatic N) is 4. The average Bonchev–Trinajstić information content (AvgIpc) is 2.70. The van der Waals surface area contributed by atoms with Crippen molar-refractivity contribution in [1.82, 2.24) is 14.8 Å². The van der Waals surface area contributed by atoms with Crippen molar-refractivity contribution < 1.29 is 9.53 Å². The van der Waals surface area contributed by atoms with E-state index in [-0.39, 0.29) is 5.91 Å². The van der Waals surface area contributed by atoms with Crippen LogP contribution in [0.3, 0.4) is 0 Å². The van der Waals surface area contributed by atoms with Crippen LogP contribution < -0.4 is 10.5 Å². The van der Waals surface area contributed by atoms with E-state index in [4.69, 9.17) is 15.5 Å². The van der Waals surface area contributed by atoms with Crippen LogP contribution in [0.2, 0.25) is 0 Å². The van der Waals surface area contributed by atoms with E-state index in [1.54, 1.807) is 25.3 Å². The van der Waals surface area contributed by atoms with Crippen molar-refractivity contribution in [2.45, 2.75) is 60.5 Å². The van der Waals surface area contributed by atoms with Gasteiger partial charge >= 0.3 is 0 Å². The number of piperazine rings is 1. The predicted octanol–water partition coefficient (Wildman–Crippen LogP) is 3.27. The highest BCUT2D eigenvalue weighted by molar-refractivity contribution is 6.07. The maximum atomic E-state index is 12.9. The van der Waals surface area contributed by atoms with E-state index >= 15 is 0 Å². The Morgan fingerprint density at radius 3 is 2.62 bits per heavy atom. The second-order valence-corrected chi connectivity index (χ2v) is 7.38. The number of hydrogen-bond acceptors (Lipinski definition) is 5. The van der Waals surface area contributed by atoms with Crippen LogP contribution in [0.1, 0.15) is 50.9 Å². The molecule has 2 rings (SSSR count). The molecule has 2 heterocycles. The molecule has 0 spiro atoms. The number of amides is 1. The number of rotatable bonds is 5. The number of ether oxygens (including phenoxy) is 1. The van der Waals surface area contributed by atoms with E-state index in [0.29, 0.717) is 18.2 Å². The molecule has 1 aromatic heterocycles. The lowest BCUT2D eigenvalue weighted by Crippen LogP contribution is -2.56. The van der Waals surface area contributed by atoms with Gasteiger partial charge in [0.15, 0.2) is 5.84 Å². The number of nitrogens with two attached hydrogens (primary N) is 1. The van der Waals surface area contributed by atoms with Gasteiger partial charge in [-0.25, -0.2) is 4.99 Å². The summed E-state index contributed by atoms with van der Waals surface area (Å²) in [5, 5.41) is 0. The van der Waals surface area contributed by atoms with E-state index in [1.807, 2.05) is 52.5 Å². The molecular weight excluding hydrogens is 366 g/mol. The van der Waals surface area contributed by atoms with Gasteiger partial charge in [-0.3, -0.25) is 9.78 Å². The maximum Gasteiger partial charge on any atom is 0.249 e. The van der Waals surface area contributed by atoms with Gasteiger partial charge in [-0.1, -0.05) is 13.0 Å². The second kappa shape index (κ2) is 9.11. The molecule has 0 unspecified atom stereocenters. The molecule has 0 radical (unpaired) electrons. The molecule has 1 saturated heterocycles. The smallest absolute Gasteiger partial charge is 0.249 e. The predicted molar refractivity (Wildman–Crippen MR) is 116 cm³/mol. The van der Waals surface area contributed by atoms with Crippen LogP contribution in [0.5, 0.6) is 5.75 Å². The number of amidine groups is 1. The molecule has 0 saturated carbocycles. The van der Waals surface area contributed by atoms with Crippen LogP contribution in [0, 0.1) is 13.8 Å². The molecule has 1 atom stereocenters. The Labute approximate surface area is 173 Å². The molecule has 1 aliphatic heterocycles. The van der Waals surface area contributed by atoms with Crippen LogP contribution in [0.15, 0.2) is 34.4 Å². The standard InChI is InChI=1S/C22H33N5O2/c1-9-13(3)20(23)25-21-18(10-2)26(7)22(28)16(6)27(21)12-17-15(5)19(29-8)14(4)11-24-17/h10-11,16H,9,12,23H2,1-8H3/b18-10+,20-13+,25-21+/t16-/m0/s1. The summed E-state index contributed by atoms with van der Waals surface area (Å²) in [7, 11) is 3.43. The number of carbonyl (C=O) groups is 1. The van der Waals surface area contributed by atoms with Gasteiger partial charge in [0.25, 0.3) is 0 Å². The minimum atomic E-state index is -0.398. The monoisotopic (exact) mass is 399 g/mol. The fraction of sp³-hybridized carbons (Fsp3) is 0.500. The molecule has 158 valence electrons. The fourth-order valence-electron chi connectivity index (χ4n) is 3.45. The summed E-state index contributed by atoms with van der Waals surface area (Å²) < 4.78 is 5.55. The SMILES string of the molecule is C\C=C1/C(=N\C(N)=C(/C)CC)N(Cc2ncc(C)c(OC)c2C)[C@@H](C)C(=O)N1C. The Bertz CT molecular complexity index is 885. The van der Waals surface area contributed by atoms with Gasteiger partial charge in [0.05, 0.1) is 25.0 Å². The lowest BCUT2D eigenvalue weighted by Gasteiger charge is -2.41. The van der Waals surface area contributed by atoms with Crippen LogP contribution in [-0.2, 0) is 11.3 Å². The van der Waals surface area contributed by atoms with E-state index in [9.17, 15) is 4.79 Å². The van der Waals surface area contributed by atoms with Crippen LogP contribution in [0.4, 0.5) is 0 Å². The van der Waals surface area contributed by atoms with Crippen LogP contribution in [-0.4, -0.2) is 46.7 Å². The van der Waals surface area contributed by atoms with E-state index in [2.05, 4.69) is 4.98 Å². The third-order valence-corrected chi connectivity index (χ3v) is 5.56. The zero-order chi connectivity index (χ0) is 21.9. The maximum absolute atomic E-state index is 12.9. The highest BCUT2D eigenvalue weighted by atomic mass is 16.5. The first kappa shape index (κ1) is 22.5. The highest BCUT2D eigenvalue weighted by Gasteiger charge is 2.37. The first-order chi connectivity index (χ1) is 13.7. The van der Waals surface area contributed by atoms with Crippen molar-refractivity contribution >= 4 is 11.7 Å². The van der Waals surface area contributed by atoms with Crippen molar-refractivity contribution in [3.8, 4) is 5.75 Å². The quantitative estimate of drug-likeness (QED) is 0.821. The van der Waals surface area contributed by atoms with Gasteiger partial charge in [-0.15, -0.1) is 0 Å². The highest BCUT2D eigenvalue weighted by Crippen LogP contribution is 2.28. The minimum Gasteiger partial charge on any atom is -0.496 e. The third kappa shape index (κ3) is 4.28. The topological polar surface area (TPSA) is 84.0 Å². The average molecular weight is 400 g/mol. The summed E-state index contributed by atoms with van der Waals surface area (Å²) in [5.41, 5.74) is 10.8. The van der Waals surface area contributed by atoms with Gasteiger partial charge in [-0.05, 0) is 46.6 Å².